The molecule has 0 fully saturated rings. The number of halogens is 2. The summed E-state index contributed by atoms with van der Waals surface area (Å²) >= 11 is 5.94. The molecule has 0 aliphatic heterocycles. The van der Waals surface area contributed by atoms with Gasteiger partial charge in [0.1, 0.15) is 5.82 Å². The monoisotopic (exact) mass is 412 g/mol. The van der Waals surface area contributed by atoms with E-state index < -0.39 is 10.0 Å². The fourth-order valence-electron chi connectivity index (χ4n) is 2.65. The SMILES string of the molecule is CC(NC(=O)CCCN(c1cccc(Cl)c1)S(C)(=O)=O)c1ccc(F)cc1. The van der Waals surface area contributed by atoms with E-state index >= 15 is 0 Å². The molecule has 146 valence electrons. The molecule has 1 atom stereocenters. The van der Waals surface area contributed by atoms with Crippen molar-refractivity contribution in [3.8, 4) is 0 Å². The van der Waals surface area contributed by atoms with Crippen LogP contribution in [0, 0.1) is 5.82 Å². The lowest BCUT2D eigenvalue weighted by Gasteiger charge is -2.22. The van der Waals surface area contributed by atoms with Gasteiger partial charge < -0.3 is 5.32 Å². The van der Waals surface area contributed by atoms with Gasteiger partial charge in [-0.1, -0.05) is 29.8 Å². The molecule has 0 saturated carbocycles. The molecule has 1 unspecified atom stereocenters. The Morgan fingerprint density at radius 3 is 2.48 bits per heavy atom. The van der Waals surface area contributed by atoms with E-state index in [4.69, 9.17) is 11.6 Å². The number of hydrogen-bond acceptors (Lipinski definition) is 3. The van der Waals surface area contributed by atoms with E-state index in [9.17, 15) is 17.6 Å². The summed E-state index contributed by atoms with van der Waals surface area (Å²) in [5.41, 5.74) is 1.26. The highest BCUT2D eigenvalue weighted by atomic mass is 35.5. The highest BCUT2D eigenvalue weighted by Crippen LogP contribution is 2.22. The summed E-state index contributed by atoms with van der Waals surface area (Å²) in [6.45, 7) is 1.97. The molecule has 0 radical (unpaired) electrons. The van der Waals surface area contributed by atoms with Crippen LogP contribution in [0.1, 0.15) is 31.4 Å². The number of carbonyl (C=O) groups is 1. The Morgan fingerprint density at radius 1 is 1.22 bits per heavy atom. The van der Waals surface area contributed by atoms with E-state index in [1.165, 1.54) is 16.4 Å². The number of nitrogens with one attached hydrogen (secondary N) is 1. The average Bonchev–Trinajstić information content (AvgIpc) is 2.58. The molecule has 0 spiro atoms. The van der Waals surface area contributed by atoms with Crippen LogP contribution in [0.25, 0.3) is 0 Å². The van der Waals surface area contributed by atoms with Gasteiger partial charge in [0.25, 0.3) is 0 Å². The van der Waals surface area contributed by atoms with Crippen LogP contribution in [0.4, 0.5) is 10.1 Å². The zero-order chi connectivity index (χ0) is 20.0. The molecular formula is C19H22ClFN2O3S. The molecule has 2 aromatic rings. The van der Waals surface area contributed by atoms with Gasteiger partial charge in [-0.05, 0) is 49.2 Å². The molecule has 2 rings (SSSR count). The first-order valence-corrected chi connectivity index (χ1v) is 10.7. The molecule has 0 aliphatic carbocycles. The molecule has 2 aromatic carbocycles. The molecular weight excluding hydrogens is 391 g/mol. The van der Waals surface area contributed by atoms with Crippen molar-refractivity contribution in [2.75, 3.05) is 17.1 Å². The number of anilines is 1. The summed E-state index contributed by atoms with van der Waals surface area (Å²) < 4.78 is 38.3. The molecule has 8 heteroatoms. The Balaban J connectivity index is 1.92. The predicted molar refractivity (Wildman–Crippen MR) is 106 cm³/mol. The second kappa shape index (κ2) is 9.19. The molecule has 1 amide bonds. The Labute approximate surface area is 164 Å². The van der Waals surface area contributed by atoms with Gasteiger partial charge in [-0.3, -0.25) is 9.10 Å². The van der Waals surface area contributed by atoms with Crippen LogP contribution in [-0.2, 0) is 14.8 Å². The van der Waals surface area contributed by atoms with E-state index in [1.807, 2.05) is 0 Å². The van der Waals surface area contributed by atoms with Crippen LogP contribution in [0.15, 0.2) is 48.5 Å². The van der Waals surface area contributed by atoms with E-state index in [0.29, 0.717) is 17.1 Å². The van der Waals surface area contributed by atoms with E-state index in [0.717, 1.165) is 11.8 Å². The van der Waals surface area contributed by atoms with Crippen LogP contribution in [0.5, 0.6) is 0 Å². The third kappa shape index (κ3) is 6.52. The minimum atomic E-state index is -3.50. The fraction of sp³-hybridized carbons (Fsp3) is 0.316. The van der Waals surface area contributed by atoms with Crippen molar-refractivity contribution in [2.24, 2.45) is 0 Å². The number of nitrogens with zero attached hydrogens (tertiary/aromatic N) is 1. The van der Waals surface area contributed by atoms with Gasteiger partial charge in [-0.25, -0.2) is 12.8 Å². The molecule has 0 aliphatic rings. The van der Waals surface area contributed by atoms with Crippen LogP contribution in [0.2, 0.25) is 5.02 Å². The third-order valence-corrected chi connectivity index (χ3v) is 5.44. The van der Waals surface area contributed by atoms with Crippen molar-refractivity contribution in [1.82, 2.24) is 5.32 Å². The lowest BCUT2D eigenvalue weighted by molar-refractivity contribution is -0.121. The fourth-order valence-corrected chi connectivity index (χ4v) is 3.79. The predicted octanol–water partition coefficient (Wildman–Crippen LogP) is 3.90. The lowest BCUT2D eigenvalue weighted by atomic mass is 10.1. The smallest absolute Gasteiger partial charge is 0.232 e. The topological polar surface area (TPSA) is 66.5 Å². The largest absolute Gasteiger partial charge is 0.350 e. The number of carbonyl (C=O) groups excluding carboxylic acids is 1. The molecule has 1 N–H and O–H groups in total. The third-order valence-electron chi connectivity index (χ3n) is 4.01. The second-order valence-corrected chi connectivity index (χ2v) is 8.60. The molecule has 0 saturated heterocycles. The Kier molecular flexibility index (Phi) is 7.21. The Hall–Kier alpha value is -2.12. The summed E-state index contributed by atoms with van der Waals surface area (Å²) in [4.78, 5) is 12.1. The standard InChI is InChI=1S/C19H22ClFN2O3S/c1-14(15-8-10-17(21)11-9-15)22-19(24)7-4-12-23(27(2,25)26)18-6-3-5-16(20)13-18/h3,5-6,8-11,13-14H,4,7,12H2,1-2H3,(H,22,24). The Morgan fingerprint density at radius 2 is 1.89 bits per heavy atom. The van der Waals surface area contributed by atoms with Crippen LogP contribution in [0.3, 0.4) is 0 Å². The number of rotatable bonds is 8. The molecule has 5 nitrogen and oxygen atoms in total. The van der Waals surface area contributed by atoms with Crippen molar-refractivity contribution in [1.29, 1.82) is 0 Å². The number of amides is 1. The zero-order valence-corrected chi connectivity index (χ0v) is 16.7. The maximum absolute atomic E-state index is 13.0. The second-order valence-electron chi connectivity index (χ2n) is 6.26. The average molecular weight is 413 g/mol. The van der Waals surface area contributed by atoms with Crippen LogP contribution >= 0.6 is 11.6 Å². The normalized spacial score (nSPS) is 12.4. The first kappa shape index (κ1) is 21.2. The minimum Gasteiger partial charge on any atom is -0.350 e. The number of sulfonamides is 1. The van der Waals surface area contributed by atoms with Gasteiger partial charge in [-0.2, -0.15) is 0 Å². The van der Waals surface area contributed by atoms with Crippen molar-refractivity contribution in [2.45, 2.75) is 25.8 Å². The number of benzene rings is 2. The molecule has 0 heterocycles. The first-order chi connectivity index (χ1) is 12.7. The highest BCUT2D eigenvalue weighted by molar-refractivity contribution is 7.92. The van der Waals surface area contributed by atoms with E-state index in [2.05, 4.69) is 5.32 Å². The maximum Gasteiger partial charge on any atom is 0.232 e. The van der Waals surface area contributed by atoms with Gasteiger partial charge in [0.2, 0.25) is 15.9 Å². The Bertz CT molecular complexity index is 888. The van der Waals surface area contributed by atoms with E-state index in [1.54, 1.807) is 43.3 Å². The van der Waals surface area contributed by atoms with Crippen molar-refractivity contribution >= 4 is 33.2 Å². The van der Waals surface area contributed by atoms with Gasteiger partial charge in [0, 0.05) is 18.0 Å². The van der Waals surface area contributed by atoms with Gasteiger partial charge in [0.15, 0.2) is 0 Å². The first-order valence-electron chi connectivity index (χ1n) is 8.45. The maximum atomic E-state index is 13.0. The summed E-state index contributed by atoms with van der Waals surface area (Å²) in [7, 11) is -3.50. The van der Waals surface area contributed by atoms with Gasteiger partial charge >= 0.3 is 0 Å². The van der Waals surface area contributed by atoms with Crippen molar-refractivity contribution < 1.29 is 17.6 Å². The molecule has 0 bridgehead atoms. The summed E-state index contributed by atoms with van der Waals surface area (Å²) in [5.74, 6) is -0.537. The summed E-state index contributed by atoms with van der Waals surface area (Å²) in [6, 6.07) is 12.2. The van der Waals surface area contributed by atoms with Crippen LogP contribution < -0.4 is 9.62 Å². The van der Waals surface area contributed by atoms with Gasteiger partial charge in [-0.15, -0.1) is 0 Å². The zero-order valence-electron chi connectivity index (χ0n) is 15.2. The highest BCUT2D eigenvalue weighted by Gasteiger charge is 2.18. The van der Waals surface area contributed by atoms with Crippen molar-refractivity contribution in [3.63, 3.8) is 0 Å². The quantitative estimate of drug-likeness (QED) is 0.715. The van der Waals surface area contributed by atoms with Crippen molar-refractivity contribution in [3.05, 3.63) is 64.9 Å². The molecule has 0 aromatic heterocycles. The van der Waals surface area contributed by atoms with Gasteiger partial charge in [0.05, 0.1) is 18.0 Å². The number of hydrogen-bond donors (Lipinski definition) is 1. The minimum absolute atomic E-state index is 0.164. The van der Waals surface area contributed by atoms with E-state index in [-0.39, 0.29) is 30.7 Å². The summed E-state index contributed by atoms with van der Waals surface area (Å²) in [6.07, 6.45) is 1.63. The molecule has 27 heavy (non-hydrogen) atoms. The lowest BCUT2D eigenvalue weighted by Crippen LogP contribution is -2.32. The summed E-state index contributed by atoms with van der Waals surface area (Å²) in [5, 5.41) is 3.26. The van der Waals surface area contributed by atoms with Crippen LogP contribution in [-0.4, -0.2) is 27.1 Å².